The van der Waals surface area contributed by atoms with Crippen LogP contribution in [0.2, 0.25) is 0 Å². The Kier molecular flexibility index (Phi) is 6.38. The Morgan fingerprint density at radius 3 is 2.24 bits per heavy atom. The molecule has 0 heterocycles. The van der Waals surface area contributed by atoms with Crippen LogP contribution in [0.3, 0.4) is 0 Å². The number of aromatic hydroxyl groups is 1. The monoisotopic (exact) mass is 239 g/mol. The van der Waals surface area contributed by atoms with Crippen molar-refractivity contribution in [2.45, 2.75) is 51.9 Å². The zero-order valence-corrected chi connectivity index (χ0v) is 10.6. The lowest BCUT2D eigenvalue weighted by Gasteiger charge is -2.02. The van der Waals surface area contributed by atoms with Gasteiger partial charge in [0, 0.05) is 12.0 Å². The number of Topliss-reactive ketones (excluding diaryl/α,β-unsaturated/α-hetero) is 1. The predicted octanol–water partition coefficient (Wildman–Crippen LogP) is 4.33. The van der Waals surface area contributed by atoms with E-state index in [9.17, 15) is 4.79 Å². The summed E-state index contributed by atoms with van der Waals surface area (Å²) in [7, 11) is 0. The first-order chi connectivity index (χ1) is 8.24. The molecular formula is C15H22O2. The highest BCUT2D eigenvalue weighted by molar-refractivity contribution is 5.96. The van der Waals surface area contributed by atoms with Crippen molar-refractivity contribution in [2.75, 3.05) is 0 Å². The molecule has 17 heavy (non-hydrogen) atoms. The van der Waals surface area contributed by atoms with E-state index in [0.29, 0.717) is 12.0 Å². The second-order valence-electron chi connectivity index (χ2n) is 4.49. The Bertz CT molecular complexity index is 327. The number of hydrogen-bond acceptors (Lipinski definition) is 2. The second-order valence-corrected chi connectivity index (χ2v) is 4.49. The standard InChI is InChI=1S/C15H22O2/c1-2-3-4-5-6-7-8-15(17)13-9-11-14(16)12-10-13/h9-12,16H,2-8H2,1H3/i9+1,10+1,11+1,13+1,14+1. The molecule has 0 amide bonds. The molecule has 2 heteroatoms. The van der Waals surface area contributed by atoms with E-state index in [4.69, 9.17) is 5.11 Å². The van der Waals surface area contributed by atoms with Crippen LogP contribution in [-0.4, -0.2) is 10.9 Å². The zero-order valence-electron chi connectivity index (χ0n) is 10.6. The van der Waals surface area contributed by atoms with E-state index in [1.54, 1.807) is 24.3 Å². The molecule has 1 rings (SSSR count). The van der Waals surface area contributed by atoms with Crippen molar-refractivity contribution in [1.29, 1.82) is 0 Å². The average Bonchev–Trinajstić information content (AvgIpc) is 2.34. The van der Waals surface area contributed by atoms with Crippen LogP contribution in [0.5, 0.6) is 5.75 Å². The molecule has 0 bridgehead atoms. The van der Waals surface area contributed by atoms with E-state index in [1.165, 1.54) is 25.7 Å². The Labute approximate surface area is 104 Å². The van der Waals surface area contributed by atoms with E-state index in [1.807, 2.05) is 0 Å². The maximum absolute atomic E-state index is 11.8. The van der Waals surface area contributed by atoms with E-state index in [2.05, 4.69) is 6.92 Å². The van der Waals surface area contributed by atoms with E-state index in [-0.39, 0.29) is 11.5 Å². The van der Waals surface area contributed by atoms with Crippen molar-refractivity contribution in [3.8, 4) is 5.75 Å². The Morgan fingerprint density at radius 2 is 1.59 bits per heavy atom. The maximum atomic E-state index is 11.8. The van der Waals surface area contributed by atoms with Gasteiger partial charge in [-0.3, -0.25) is 4.79 Å². The van der Waals surface area contributed by atoms with Crippen LogP contribution >= 0.6 is 0 Å². The summed E-state index contributed by atoms with van der Waals surface area (Å²) in [5.74, 6) is 0.390. The van der Waals surface area contributed by atoms with Crippen LogP contribution in [0.4, 0.5) is 0 Å². The summed E-state index contributed by atoms with van der Waals surface area (Å²) in [5, 5.41) is 9.12. The molecule has 1 aromatic carbocycles. The Morgan fingerprint density at radius 1 is 1.00 bits per heavy atom. The van der Waals surface area contributed by atoms with Gasteiger partial charge in [-0.2, -0.15) is 0 Å². The molecule has 0 spiro atoms. The van der Waals surface area contributed by atoms with Crippen LogP contribution in [0.1, 0.15) is 62.2 Å². The Hall–Kier alpha value is -1.31. The minimum Gasteiger partial charge on any atom is -0.508 e. The van der Waals surface area contributed by atoms with Gasteiger partial charge in [-0.05, 0) is 30.7 Å². The third-order valence-electron chi connectivity index (χ3n) is 2.95. The highest BCUT2D eigenvalue weighted by atomic mass is 16.3. The zero-order chi connectivity index (χ0) is 12.5. The van der Waals surface area contributed by atoms with Gasteiger partial charge in [-0.15, -0.1) is 0 Å². The summed E-state index contributed by atoms with van der Waals surface area (Å²) < 4.78 is 0. The molecule has 0 radical (unpaired) electrons. The van der Waals surface area contributed by atoms with Gasteiger partial charge in [0.1, 0.15) is 5.75 Å². The van der Waals surface area contributed by atoms with Crippen LogP contribution in [-0.2, 0) is 0 Å². The third-order valence-corrected chi connectivity index (χ3v) is 2.95. The molecule has 0 saturated carbocycles. The number of benzene rings is 1. The van der Waals surface area contributed by atoms with Crippen molar-refractivity contribution in [3.63, 3.8) is 0 Å². The lowest BCUT2D eigenvalue weighted by Crippen LogP contribution is -1.98. The number of carbonyl (C=O) groups excluding carboxylic acids is 1. The van der Waals surface area contributed by atoms with Crippen molar-refractivity contribution in [1.82, 2.24) is 0 Å². The van der Waals surface area contributed by atoms with Gasteiger partial charge in [0.2, 0.25) is 0 Å². The molecule has 0 saturated heterocycles. The first kappa shape index (κ1) is 13.8. The van der Waals surface area contributed by atoms with E-state index < -0.39 is 0 Å². The summed E-state index contributed by atoms with van der Waals surface area (Å²) in [4.78, 5) is 11.8. The van der Waals surface area contributed by atoms with Crippen LogP contribution in [0.15, 0.2) is 24.3 Å². The van der Waals surface area contributed by atoms with Crippen molar-refractivity contribution in [3.05, 3.63) is 29.8 Å². The molecule has 0 unspecified atom stereocenters. The topological polar surface area (TPSA) is 37.3 Å². The van der Waals surface area contributed by atoms with Crippen LogP contribution in [0.25, 0.3) is 0 Å². The highest BCUT2D eigenvalue weighted by Crippen LogP contribution is 2.13. The minimum atomic E-state index is 0.181. The summed E-state index contributed by atoms with van der Waals surface area (Å²) >= 11 is 0. The van der Waals surface area contributed by atoms with Gasteiger partial charge < -0.3 is 5.11 Å². The Balaban J connectivity index is 2.19. The largest absolute Gasteiger partial charge is 0.508 e. The summed E-state index contributed by atoms with van der Waals surface area (Å²) in [6.45, 7) is 2.20. The fraction of sp³-hybridized carbons (Fsp3) is 0.533. The molecule has 0 fully saturated rings. The molecule has 1 N–H and O–H groups in total. The summed E-state index contributed by atoms with van der Waals surface area (Å²) in [6.07, 6.45) is 7.81. The average molecular weight is 239 g/mol. The lowest BCUT2D eigenvalue weighted by atomic mass is 10.1. The van der Waals surface area contributed by atoms with Gasteiger partial charge in [0.05, 0.1) is 0 Å². The molecule has 94 valence electrons. The van der Waals surface area contributed by atoms with Crippen molar-refractivity contribution >= 4 is 5.78 Å². The summed E-state index contributed by atoms with van der Waals surface area (Å²) in [5.41, 5.74) is 0.705. The number of unbranched alkanes of at least 4 members (excludes halogenated alkanes) is 5. The molecule has 0 aliphatic carbocycles. The number of ketones is 1. The van der Waals surface area contributed by atoms with Crippen LogP contribution in [0, 0.1) is 0 Å². The highest BCUT2D eigenvalue weighted by Gasteiger charge is 2.04. The first-order valence-electron chi connectivity index (χ1n) is 6.56. The predicted molar refractivity (Wildman–Crippen MR) is 70.4 cm³/mol. The number of phenols is 1. The fourth-order valence-electron chi connectivity index (χ4n) is 1.86. The van der Waals surface area contributed by atoms with Crippen LogP contribution < -0.4 is 0 Å². The van der Waals surface area contributed by atoms with Gasteiger partial charge in [-0.25, -0.2) is 0 Å². The minimum absolute atomic E-state index is 0.181. The molecule has 0 aliphatic rings. The van der Waals surface area contributed by atoms with E-state index in [0.717, 1.165) is 12.8 Å². The van der Waals surface area contributed by atoms with Crippen molar-refractivity contribution in [2.24, 2.45) is 0 Å². The molecule has 0 aromatic heterocycles. The number of hydrogen-bond donors (Lipinski definition) is 1. The molecule has 2 nitrogen and oxygen atoms in total. The first-order valence-corrected chi connectivity index (χ1v) is 6.56. The fourth-order valence-corrected chi connectivity index (χ4v) is 1.86. The number of phenolic OH excluding ortho intramolecular Hbond substituents is 1. The van der Waals surface area contributed by atoms with E-state index >= 15 is 0 Å². The lowest BCUT2D eigenvalue weighted by molar-refractivity contribution is 0.0979. The quantitative estimate of drug-likeness (QED) is 0.541. The van der Waals surface area contributed by atoms with Gasteiger partial charge in [0.15, 0.2) is 5.78 Å². The molecule has 1 aromatic rings. The van der Waals surface area contributed by atoms with Crippen molar-refractivity contribution < 1.29 is 9.90 Å². The molecule has 0 atom stereocenters. The smallest absolute Gasteiger partial charge is 0.162 e. The van der Waals surface area contributed by atoms with Gasteiger partial charge in [-0.1, -0.05) is 39.0 Å². The SMILES string of the molecule is CCCCCCCCC(=O)[13c]1[13cH]c[13c](O)[13cH][13cH]1. The normalized spacial score (nSPS) is 10.4. The maximum Gasteiger partial charge on any atom is 0.162 e. The molecule has 0 aliphatic heterocycles. The molecular weight excluding hydrogens is 217 g/mol. The summed E-state index contributed by atoms with van der Waals surface area (Å²) in [6, 6.07) is 6.51. The number of carbonyl (C=O) groups is 1. The second kappa shape index (κ2) is 7.88. The number of rotatable bonds is 8. The van der Waals surface area contributed by atoms with Gasteiger partial charge >= 0.3 is 0 Å². The third kappa shape index (κ3) is 5.53. The van der Waals surface area contributed by atoms with Gasteiger partial charge in [0.25, 0.3) is 0 Å².